The Morgan fingerprint density at radius 2 is 2.11 bits per heavy atom. The maximum Gasteiger partial charge on any atom is 0.280 e. The van der Waals surface area contributed by atoms with E-state index in [0.29, 0.717) is 5.69 Å². The number of benzene rings is 1. The molecule has 2 heterocycles. The Balaban J connectivity index is 1.83. The van der Waals surface area contributed by atoms with E-state index >= 15 is 0 Å². The number of rotatable bonds is 7. The number of hydrogen-bond acceptors (Lipinski definition) is 6. The summed E-state index contributed by atoms with van der Waals surface area (Å²) in [5, 5.41) is 16.6. The number of hydrogen-bond donors (Lipinski definition) is 3. The molecule has 1 atom stereocenters. The van der Waals surface area contributed by atoms with Crippen LogP contribution in [0.25, 0.3) is 11.1 Å². The maximum atomic E-state index is 12.8. The molecule has 4 N–H and O–H groups in total. The quantitative estimate of drug-likeness (QED) is 0.571. The van der Waals surface area contributed by atoms with Crippen molar-refractivity contribution < 1.29 is 18.7 Å². The highest BCUT2D eigenvalue weighted by Crippen LogP contribution is 2.26. The van der Waals surface area contributed by atoms with E-state index in [1.165, 1.54) is 10.9 Å². The molecule has 2 aromatic heterocycles. The number of nitrogens with two attached hydrogens (primary N) is 1. The SMILES string of the molecule is Cc1cc(Nc2nccc(C(F)F)n2)cc(-c2cnn(C[C@H](O)C(N)=O)c2)c1. The summed E-state index contributed by atoms with van der Waals surface area (Å²) in [6.07, 6.45) is 0.500. The summed E-state index contributed by atoms with van der Waals surface area (Å²) >= 11 is 0. The number of aliphatic hydroxyl groups excluding tert-OH is 1. The van der Waals surface area contributed by atoms with Gasteiger partial charge in [0.25, 0.3) is 6.43 Å². The number of alkyl halides is 2. The summed E-state index contributed by atoms with van der Waals surface area (Å²) in [5.74, 6) is -0.764. The Morgan fingerprint density at radius 1 is 1.32 bits per heavy atom. The molecule has 8 nitrogen and oxygen atoms in total. The van der Waals surface area contributed by atoms with Gasteiger partial charge in [0, 0.05) is 23.6 Å². The van der Waals surface area contributed by atoms with E-state index in [1.54, 1.807) is 18.5 Å². The largest absolute Gasteiger partial charge is 0.381 e. The third kappa shape index (κ3) is 4.65. The maximum absolute atomic E-state index is 12.8. The molecule has 28 heavy (non-hydrogen) atoms. The van der Waals surface area contributed by atoms with Crippen LogP contribution < -0.4 is 11.1 Å². The topological polar surface area (TPSA) is 119 Å². The Bertz CT molecular complexity index is 992. The lowest BCUT2D eigenvalue weighted by atomic mass is 10.1. The van der Waals surface area contributed by atoms with Gasteiger partial charge in [0.05, 0.1) is 12.7 Å². The van der Waals surface area contributed by atoms with Crippen molar-refractivity contribution in [2.24, 2.45) is 5.73 Å². The molecular weight excluding hydrogens is 370 g/mol. The van der Waals surface area contributed by atoms with Crippen molar-refractivity contribution in [3.8, 4) is 11.1 Å². The predicted molar refractivity (Wildman–Crippen MR) is 97.9 cm³/mol. The van der Waals surface area contributed by atoms with Crippen molar-refractivity contribution in [1.29, 1.82) is 0 Å². The van der Waals surface area contributed by atoms with Gasteiger partial charge in [0.1, 0.15) is 5.69 Å². The summed E-state index contributed by atoms with van der Waals surface area (Å²) in [5.41, 5.74) is 7.75. The smallest absolute Gasteiger partial charge is 0.280 e. The number of aliphatic hydroxyl groups is 1. The average Bonchev–Trinajstić information content (AvgIpc) is 3.10. The fourth-order valence-electron chi connectivity index (χ4n) is 2.59. The van der Waals surface area contributed by atoms with E-state index in [2.05, 4.69) is 20.4 Å². The van der Waals surface area contributed by atoms with Crippen LogP contribution in [0.2, 0.25) is 0 Å². The molecule has 0 fully saturated rings. The zero-order valence-electron chi connectivity index (χ0n) is 14.9. The third-order valence-electron chi connectivity index (χ3n) is 3.89. The summed E-state index contributed by atoms with van der Waals surface area (Å²) < 4.78 is 27.0. The number of primary amides is 1. The normalized spacial score (nSPS) is 12.2. The van der Waals surface area contributed by atoms with Crippen LogP contribution in [0.3, 0.4) is 0 Å². The second kappa shape index (κ2) is 8.09. The minimum atomic E-state index is -2.68. The first-order valence-corrected chi connectivity index (χ1v) is 8.32. The summed E-state index contributed by atoms with van der Waals surface area (Å²) in [6, 6.07) is 6.68. The minimum absolute atomic E-state index is 0.0550. The van der Waals surface area contributed by atoms with Crippen LogP contribution in [-0.2, 0) is 11.3 Å². The number of halogens is 2. The van der Waals surface area contributed by atoms with Gasteiger partial charge in [-0.3, -0.25) is 9.48 Å². The molecular formula is C18H18F2N6O2. The Morgan fingerprint density at radius 3 is 2.82 bits per heavy atom. The van der Waals surface area contributed by atoms with Crippen LogP contribution in [0.15, 0.2) is 42.9 Å². The lowest BCUT2D eigenvalue weighted by Gasteiger charge is -2.09. The number of nitrogens with zero attached hydrogens (tertiary/aromatic N) is 4. The van der Waals surface area contributed by atoms with Crippen molar-refractivity contribution in [2.75, 3.05) is 5.32 Å². The second-order valence-electron chi connectivity index (χ2n) is 6.19. The molecule has 0 aliphatic heterocycles. The van der Waals surface area contributed by atoms with Gasteiger partial charge in [-0.2, -0.15) is 5.10 Å². The number of aromatic nitrogens is 4. The minimum Gasteiger partial charge on any atom is -0.381 e. The summed E-state index contributed by atoms with van der Waals surface area (Å²) in [6.45, 7) is 1.83. The van der Waals surface area contributed by atoms with Crippen LogP contribution in [0.1, 0.15) is 17.7 Å². The lowest BCUT2D eigenvalue weighted by Crippen LogP contribution is -2.32. The van der Waals surface area contributed by atoms with Gasteiger partial charge in [0.2, 0.25) is 11.9 Å². The Kier molecular flexibility index (Phi) is 5.59. The zero-order valence-corrected chi connectivity index (χ0v) is 14.9. The van der Waals surface area contributed by atoms with Crippen LogP contribution in [-0.4, -0.2) is 36.9 Å². The van der Waals surface area contributed by atoms with Gasteiger partial charge in [-0.05, 0) is 36.2 Å². The van der Waals surface area contributed by atoms with Crippen molar-refractivity contribution in [1.82, 2.24) is 19.7 Å². The van der Waals surface area contributed by atoms with Gasteiger partial charge in [-0.1, -0.05) is 6.07 Å². The molecule has 1 aromatic carbocycles. The molecule has 0 bridgehead atoms. The zero-order chi connectivity index (χ0) is 20.3. The lowest BCUT2D eigenvalue weighted by molar-refractivity contribution is -0.126. The van der Waals surface area contributed by atoms with E-state index in [9.17, 15) is 18.7 Å². The number of carbonyl (C=O) groups excluding carboxylic acids is 1. The first-order chi connectivity index (χ1) is 13.3. The van der Waals surface area contributed by atoms with Gasteiger partial charge >= 0.3 is 0 Å². The van der Waals surface area contributed by atoms with Gasteiger partial charge in [0.15, 0.2) is 6.10 Å². The average molecular weight is 388 g/mol. The molecule has 0 radical (unpaired) electrons. The number of amides is 1. The molecule has 3 aromatic rings. The van der Waals surface area contributed by atoms with Crippen molar-refractivity contribution in [2.45, 2.75) is 26.0 Å². The highest BCUT2D eigenvalue weighted by Gasteiger charge is 2.13. The fraction of sp³-hybridized carbons (Fsp3) is 0.222. The highest BCUT2D eigenvalue weighted by atomic mass is 19.3. The third-order valence-corrected chi connectivity index (χ3v) is 3.89. The predicted octanol–water partition coefficient (Wildman–Crippen LogP) is 2.18. The first kappa shape index (κ1) is 19.4. The van der Waals surface area contributed by atoms with E-state index < -0.39 is 18.4 Å². The van der Waals surface area contributed by atoms with Crippen molar-refractivity contribution in [3.63, 3.8) is 0 Å². The molecule has 0 spiro atoms. The number of aryl methyl sites for hydroxylation is 1. The summed E-state index contributed by atoms with van der Waals surface area (Å²) in [4.78, 5) is 18.7. The molecule has 0 aliphatic carbocycles. The standard InChI is InChI=1S/C18H18F2N6O2/c1-10-4-11(12-7-23-26(8-12)9-15(27)17(21)28)6-13(5-10)24-18-22-3-2-14(25-18)16(19)20/h2-8,15-16,27H,9H2,1H3,(H2,21,28)(H,22,24,25)/t15-/m0/s1. The van der Waals surface area contributed by atoms with Gasteiger partial charge in [-0.25, -0.2) is 18.7 Å². The molecule has 10 heteroatoms. The Hall–Kier alpha value is -3.40. The number of carbonyl (C=O) groups is 1. The van der Waals surface area contributed by atoms with Crippen LogP contribution in [0.4, 0.5) is 20.4 Å². The molecule has 0 saturated heterocycles. The molecule has 1 amide bonds. The molecule has 146 valence electrons. The van der Waals surface area contributed by atoms with E-state index in [1.807, 2.05) is 19.1 Å². The first-order valence-electron chi connectivity index (χ1n) is 8.32. The monoisotopic (exact) mass is 388 g/mol. The van der Waals surface area contributed by atoms with Crippen LogP contribution in [0, 0.1) is 6.92 Å². The van der Waals surface area contributed by atoms with Gasteiger partial charge in [-0.15, -0.1) is 0 Å². The molecule has 3 rings (SSSR count). The summed E-state index contributed by atoms with van der Waals surface area (Å²) in [7, 11) is 0. The van der Waals surface area contributed by atoms with Crippen LogP contribution in [0.5, 0.6) is 0 Å². The molecule has 0 unspecified atom stereocenters. The number of nitrogens with one attached hydrogen (secondary N) is 1. The van der Waals surface area contributed by atoms with E-state index in [4.69, 9.17) is 5.73 Å². The van der Waals surface area contributed by atoms with Crippen molar-refractivity contribution in [3.05, 3.63) is 54.1 Å². The van der Waals surface area contributed by atoms with Crippen molar-refractivity contribution >= 4 is 17.5 Å². The van der Waals surface area contributed by atoms with E-state index in [-0.39, 0.29) is 18.2 Å². The van der Waals surface area contributed by atoms with E-state index in [0.717, 1.165) is 22.8 Å². The highest BCUT2D eigenvalue weighted by molar-refractivity contribution is 5.78. The fourth-order valence-corrected chi connectivity index (χ4v) is 2.59. The Labute approximate surface area is 159 Å². The second-order valence-corrected chi connectivity index (χ2v) is 6.19. The van der Waals surface area contributed by atoms with Crippen LogP contribution >= 0.6 is 0 Å². The molecule has 0 aliphatic rings. The van der Waals surface area contributed by atoms with Gasteiger partial charge < -0.3 is 16.2 Å². The molecule has 0 saturated carbocycles. The number of anilines is 2.